The lowest BCUT2D eigenvalue weighted by molar-refractivity contribution is -0.152. The van der Waals surface area contributed by atoms with Crippen molar-refractivity contribution in [2.24, 2.45) is 0 Å². The quantitative estimate of drug-likeness (QED) is 0.667. The zero-order valence-electron chi connectivity index (χ0n) is 16.3. The summed E-state index contributed by atoms with van der Waals surface area (Å²) in [5.74, 6) is -0.776. The summed E-state index contributed by atoms with van der Waals surface area (Å²) in [5.41, 5.74) is 2.71. The van der Waals surface area contributed by atoms with Crippen molar-refractivity contribution in [1.82, 2.24) is 0 Å². The molecule has 1 heterocycles. The van der Waals surface area contributed by atoms with E-state index in [0.717, 1.165) is 16.7 Å². The Kier molecular flexibility index (Phi) is 5.07. The van der Waals surface area contributed by atoms with E-state index < -0.39 is 17.3 Å². The lowest BCUT2D eigenvalue weighted by atomic mass is 9.64. The number of rotatable bonds is 5. The van der Waals surface area contributed by atoms with Crippen molar-refractivity contribution in [3.63, 3.8) is 0 Å². The van der Waals surface area contributed by atoms with E-state index in [-0.39, 0.29) is 12.7 Å². The second-order valence-corrected chi connectivity index (χ2v) is 7.68. The fraction of sp³-hybridized carbons (Fsp3) is 0.280. The zero-order chi connectivity index (χ0) is 19.6. The van der Waals surface area contributed by atoms with Crippen molar-refractivity contribution in [1.29, 1.82) is 0 Å². The minimum absolute atomic E-state index is 0.109. The Morgan fingerprint density at radius 1 is 0.714 bits per heavy atom. The van der Waals surface area contributed by atoms with Gasteiger partial charge in [-0.2, -0.15) is 0 Å². The molecule has 1 N–H and O–H groups in total. The number of aliphatic hydroxyl groups excluding tert-OH is 1. The standard InChI is InChI=1S/C25H26O3/c1-24(2)27-22(18-26)23(28-24)25(19-12-6-3-7-13-19,20-14-8-4-9-15-20)21-16-10-5-11-17-21/h3-17,22-23,26H,18H2,1-2H3. The molecule has 3 aromatic rings. The molecule has 3 aromatic carbocycles. The summed E-state index contributed by atoms with van der Waals surface area (Å²) in [5, 5.41) is 10.2. The van der Waals surface area contributed by atoms with Crippen LogP contribution in [0.15, 0.2) is 91.0 Å². The lowest BCUT2D eigenvalue weighted by Crippen LogP contribution is -2.48. The average molecular weight is 374 g/mol. The highest BCUT2D eigenvalue weighted by atomic mass is 16.8. The summed E-state index contributed by atoms with van der Waals surface area (Å²) in [6.07, 6.45) is -0.838. The molecule has 144 valence electrons. The predicted molar refractivity (Wildman–Crippen MR) is 110 cm³/mol. The first-order chi connectivity index (χ1) is 13.6. The molecule has 2 unspecified atom stereocenters. The van der Waals surface area contributed by atoms with Crippen LogP contribution in [0.2, 0.25) is 0 Å². The van der Waals surface area contributed by atoms with Crippen molar-refractivity contribution in [2.75, 3.05) is 6.61 Å². The van der Waals surface area contributed by atoms with Crippen molar-refractivity contribution in [3.05, 3.63) is 108 Å². The van der Waals surface area contributed by atoms with E-state index in [0.29, 0.717) is 0 Å². The highest BCUT2D eigenvalue weighted by molar-refractivity contribution is 5.52. The molecule has 0 bridgehead atoms. The van der Waals surface area contributed by atoms with Crippen LogP contribution in [0.25, 0.3) is 0 Å². The van der Waals surface area contributed by atoms with Gasteiger partial charge in [-0.15, -0.1) is 0 Å². The molecule has 0 amide bonds. The van der Waals surface area contributed by atoms with Crippen LogP contribution < -0.4 is 0 Å². The normalized spacial score (nSPS) is 21.5. The van der Waals surface area contributed by atoms with Gasteiger partial charge in [0.1, 0.15) is 12.2 Å². The third-order valence-corrected chi connectivity index (χ3v) is 5.48. The van der Waals surface area contributed by atoms with E-state index in [9.17, 15) is 5.11 Å². The van der Waals surface area contributed by atoms with Crippen LogP contribution in [0.3, 0.4) is 0 Å². The summed E-state index contributed by atoms with van der Waals surface area (Å²) >= 11 is 0. The number of benzene rings is 3. The van der Waals surface area contributed by atoms with Gasteiger partial charge in [0.05, 0.1) is 12.0 Å². The molecule has 1 fully saturated rings. The molecule has 4 rings (SSSR count). The minimum Gasteiger partial charge on any atom is -0.394 e. The molecule has 0 aliphatic carbocycles. The van der Waals surface area contributed by atoms with Crippen LogP contribution in [0.4, 0.5) is 0 Å². The highest BCUT2D eigenvalue weighted by Gasteiger charge is 2.55. The Morgan fingerprint density at radius 3 is 1.46 bits per heavy atom. The third kappa shape index (κ3) is 3.16. The van der Waals surface area contributed by atoms with Crippen molar-refractivity contribution in [3.8, 4) is 0 Å². The summed E-state index contributed by atoms with van der Waals surface area (Å²) in [4.78, 5) is 0. The SMILES string of the molecule is CC1(C)OC(CO)C(C(c2ccccc2)(c2ccccc2)c2ccccc2)O1. The summed E-state index contributed by atoms with van der Waals surface area (Å²) in [6.45, 7) is 3.70. The van der Waals surface area contributed by atoms with Crippen molar-refractivity contribution in [2.45, 2.75) is 37.3 Å². The molecule has 0 aromatic heterocycles. The van der Waals surface area contributed by atoms with Gasteiger partial charge < -0.3 is 14.6 Å². The summed E-state index contributed by atoms with van der Waals surface area (Å²) < 4.78 is 12.6. The Hall–Kier alpha value is -2.46. The fourth-order valence-corrected chi connectivity index (χ4v) is 4.43. The molecule has 1 aliphatic heterocycles. The van der Waals surface area contributed by atoms with Gasteiger partial charge in [-0.1, -0.05) is 91.0 Å². The first-order valence-electron chi connectivity index (χ1n) is 9.71. The Morgan fingerprint density at radius 2 is 1.11 bits per heavy atom. The second kappa shape index (κ2) is 7.51. The molecule has 0 spiro atoms. The second-order valence-electron chi connectivity index (χ2n) is 7.68. The van der Waals surface area contributed by atoms with E-state index >= 15 is 0 Å². The maximum absolute atomic E-state index is 10.2. The van der Waals surface area contributed by atoms with E-state index in [4.69, 9.17) is 9.47 Å². The third-order valence-electron chi connectivity index (χ3n) is 5.48. The average Bonchev–Trinajstić information content (AvgIpc) is 3.06. The molecule has 1 aliphatic rings. The van der Waals surface area contributed by atoms with Crippen LogP contribution >= 0.6 is 0 Å². The monoisotopic (exact) mass is 374 g/mol. The number of hydrogen-bond donors (Lipinski definition) is 1. The smallest absolute Gasteiger partial charge is 0.163 e. The number of hydrogen-bond acceptors (Lipinski definition) is 3. The zero-order valence-corrected chi connectivity index (χ0v) is 16.3. The molecule has 1 saturated heterocycles. The fourth-order valence-electron chi connectivity index (χ4n) is 4.43. The summed E-state index contributed by atoms with van der Waals surface area (Å²) in [7, 11) is 0. The predicted octanol–water partition coefficient (Wildman–Crippen LogP) is 4.53. The van der Waals surface area contributed by atoms with Gasteiger partial charge in [-0.25, -0.2) is 0 Å². The Labute approximate surface area is 166 Å². The Balaban J connectivity index is 2.05. The van der Waals surface area contributed by atoms with Crippen molar-refractivity contribution >= 4 is 0 Å². The van der Waals surface area contributed by atoms with Crippen LogP contribution in [-0.2, 0) is 14.9 Å². The topological polar surface area (TPSA) is 38.7 Å². The van der Waals surface area contributed by atoms with Crippen molar-refractivity contribution < 1.29 is 14.6 Å². The van der Waals surface area contributed by atoms with E-state index in [1.54, 1.807) is 0 Å². The largest absolute Gasteiger partial charge is 0.394 e. The molecule has 3 nitrogen and oxygen atoms in total. The maximum atomic E-state index is 10.2. The van der Waals surface area contributed by atoms with Gasteiger partial charge in [0.2, 0.25) is 0 Å². The van der Waals surface area contributed by atoms with Crippen LogP contribution in [-0.4, -0.2) is 29.7 Å². The number of ether oxygens (including phenoxy) is 2. The van der Waals surface area contributed by atoms with E-state index in [2.05, 4.69) is 36.4 Å². The highest BCUT2D eigenvalue weighted by Crippen LogP contribution is 2.48. The van der Waals surface area contributed by atoms with Gasteiger partial charge in [-0.3, -0.25) is 0 Å². The van der Waals surface area contributed by atoms with E-state index in [1.807, 2.05) is 68.4 Å². The molecule has 3 heteroatoms. The molecular weight excluding hydrogens is 348 g/mol. The van der Waals surface area contributed by atoms with Gasteiger partial charge in [0.15, 0.2) is 5.79 Å². The van der Waals surface area contributed by atoms with Crippen LogP contribution in [0.5, 0.6) is 0 Å². The first-order valence-corrected chi connectivity index (χ1v) is 9.71. The van der Waals surface area contributed by atoms with Crippen LogP contribution in [0, 0.1) is 0 Å². The van der Waals surface area contributed by atoms with Crippen LogP contribution in [0.1, 0.15) is 30.5 Å². The molecule has 0 radical (unpaired) electrons. The van der Waals surface area contributed by atoms with Gasteiger partial charge in [0.25, 0.3) is 0 Å². The minimum atomic E-state index is -0.776. The Bertz CT molecular complexity index is 794. The molecule has 0 saturated carbocycles. The maximum Gasteiger partial charge on any atom is 0.163 e. The molecule has 2 atom stereocenters. The number of aliphatic hydroxyl groups is 1. The molecule has 28 heavy (non-hydrogen) atoms. The van der Waals surface area contributed by atoms with Gasteiger partial charge >= 0.3 is 0 Å². The lowest BCUT2D eigenvalue weighted by Gasteiger charge is -2.42. The van der Waals surface area contributed by atoms with Gasteiger partial charge in [0, 0.05) is 0 Å². The van der Waals surface area contributed by atoms with E-state index in [1.165, 1.54) is 0 Å². The van der Waals surface area contributed by atoms with Gasteiger partial charge in [-0.05, 0) is 30.5 Å². The first kappa shape index (κ1) is 18.9. The summed E-state index contributed by atoms with van der Waals surface area (Å²) in [6, 6.07) is 31.1. The molecular formula is C25H26O3.